The first-order chi connectivity index (χ1) is 20.6. The molecule has 0 amide bonds. The highest BCUT2D eigenvalue weighted by Gasteiger charge is 2.50. The molecule has 0 fully saturated rings. The van der Waals surface area contributed by atoms with Crippen LogP contribution >= 0.6 is 0 Å². The lowest BCUT2D eigenvalue weighted by Crippen LogP contribution is -2.67. The number of benzene rings is 3. The van der Waals surface area contributed by atoms with Gasteiger partial charge in [-0.3, -0.25) is 0 Å². The van der Waals surface area contributed by atoms with Crippen molar-refractivity contribution in [3.8, 4) is 5.75 Å². The second-order valence-corrected chi connectivity index (χ2v) is 16.7. The standard InChI is InChI=1S/C37H50O5Si/c1-9-17-34(42-36(38)35(28(3)10-2)40-27-30-22-24-31(39-8)25-23-30)29(4)26-41-43(37(5,6)7,32-18-13-11-14-19-32)33-20-15-12-16-21-33/h9,11-16,18-25,28-29,34-35H,1,10,17,26-27H2,2-8H3/t28?,29-,34+,35+/m1/s1. The number of rotatable bonds is 16. The van der Waals surface area contributed by atoms with Crippen LogP contribution in [0.15, 0.2) is 97.6 Å². The molecule has 0 saturated heterocycles. The minimum Gasteiger partial charge on any atom is -0.497 e. The quantitative estimate of drug-likeness (QED) is 0.0977. The van der Waals surface area contributed by atoms with Gasteiger partial charge in [-0.15, -0.1) is 6.58 Å². The number of carbonyl (C=O) groups is 1. The maximum Gasteiger partial charge on any atom is 0.335 e. The Morgan fingerprint density at radius 2 is 1.44 bits per heavy atom. The summed E-state index contributed by atoms with van der Waals surface area (Å²) in [5.74, 6) is 0.372. The van der Waals surface area contributed by atoms with Crippen LogP contribution in [0.2, 0.25) is 5.04 Å². The van der Waals surface area contributed by atoms with Crippen molar-refractivity contribution in [2.45, 2.75) is 78.2 Å². The van der Waals surface area contributed by atoms with Gasteiger partial charge < -0.3 is 18.6 Å². The Kier molecular flexibility index (Phi) is 12.8. The molecule has 4 atom stereocenters. The normalized spacial score (nSPS) is 14.8. The average Bonchev–Trinajstić information content (AvgIpc) is 3.01. The first kappa shape index (κ1) is 34.3. The maximum absolute atomic E-state index is 13.6. The first-order valence-electron chi connectivity index (χ1n) is 15.4. The zero-order valence-corrected chi connectivity index (χ0v) is 28.0. The van der Waals surface area contributed by atoms with E-state index in [-0.39, 0.29) is 28.9 Å². The molecule has 3 aromatic carbocycles. The van der Waals surface area contributed by atoms with Crippen LogP contribution in [0.3, 0.4) is 0 Å². The molecule has 1 unspecified atom stereocenters. The third kappa shape index (κ3) is 8.68. The minimum atomic E-state index is -2.72. The van der Waals surface area contributed by atoms with Gasteiger partial charge in [0.1, 0.15) is 11.9 Å². The Hall–Kier alpha value is -3.19. The first-order valence-corrected chi connectivity index (χ1v) is 17.3. The molecule has 0 aliphatic carbocycles. The zero-order chi connectivity index (χ0) is 31.5. The SMILES string of the molecule is C=CC[C@H](OC(=O)[C@@H](OCc1ccc(OC)cc1)C(C)CC)[C@H](C)CO[Si](c1ccccc1)(c1ccccc1)C(C)(C)C. The van der Waals surface area contributed by atoms with Crippen LogP contribution in [0.25, 0.3) is 0 Å². The molecule has 0 bridgehead atoms. The Balaban J connectivity index is 1.81. The highest BCUT2D eigenvalue weighted by atomic mass is 28.4. The van der Waals surface area contributed by atoms with E-state index in [4.69, 9.17) is 18.6 Å². The molecule has 0 N–H and O–H groups in total. The largest absolute Gasteiger partial charge is 0.497 e. The maximum atomic E-state index is 13.6. The Labute approximate surface area is 260 Å². The molecule has 0 spiro atoms. The lowest BCUT2D eigenvalue weighted by molar-refractivity contribution is -0.170. The van der Waals surface area contributed by atoms with Gasteiger partial charge in [0.15, 0.2) is 6.10 Å². The van der Waals surface area contributed by atoms with Crippen LogP contribution in [-0.4, -0.2) is 40.2 Å². The van der Waals surface area contributed by atoms with Crippen LogP contribution in [0, 0.1) is 11.8 Å². The lowest BCUT2D eigenvalue weighted by atomic mass is 10.00. The molecule has 0 aliphatic heterocycles. The molecule has 5 nitrogen and oxygen atoms in total. The summed E-state index contributed by atoms with van der Waals surface area (Å²) in [6, 6.07) is 28.9. The van der Waals surface area contributed by atoms with Gasteiger partial charge in [-0.25, -0.2) is 4.79 Å². The summed E-state index contributed by atoms with van der Waals surface area (Å²) in [4.78, 5) is 13.6. The van der Waals surface area contributed by atoms with Gasteiger partial charge in [0.05, 0.1) is 13.7 Å². The van der Waals surface area contributed by atoms with Crippen molar-refractivity contribution in [1.29, 1.82) is 0 Å². The predicted molar refractivity (Wildman–Crippen MR) is 178 cm³/mol. The van der Waals surface area contributed by atoms with Crippen molar-refractivity contribution in [2.75, 3.05) is 13.7 Å². The van der Waals surface area contributed by atoms with Gasteiger partial charge >= 0.3 is 5.97 Å². The topological polar surface area (TPSA) is 54.0 Å². The van der Waals surface area contributed by atoms with E-state index in [9.17, 15) is 4.79 Å². The summed E-state index contributed by atoms with van der Waals surface area (Å²) in [6.07, 6.45) is 2.07. The molecular weight excluding hydrogens is 552 g/mol. The Bertz CT molecular complexity index is 1210. The Morgan fingerprint density at radius 3 is 1.91 bits per heavy atom. The third-order valence-electron chi connectivity index (χ3n) is 8.26. The van der Waals surface area contributed by atoms with E-state index in [0.29, 0.717) is 19.6 Å². The van der Waals surface area contributed by atoms with Crippen molar-refractivity contribution in [3.05, 3.63) is 103 Å². The molecule has 3 aromatic rings. The minimum absolute atomic E-state index is 0.00112. The smallest absolute Gasteiger partial charge is 0.335 e. The summed E-state index contributed by atoms with van der Waals surface area (Å²) in [5, 5.41) is 2.31. The van der Waals surface area contributed by atoms with E-state index in [2.05, 4.69) is 89.7 Å². The van der Waals surface area contributed by atoms with E-state index in [1.807, 2.05) is 49.4 Å². The molecule has 232 valence electrons. The predicted octanol–water partition coefficient (Wildman–Crippen LogP) is 7.33. The van der Waals surface area contributed by atoms with Gasteiger partial charge in [-0.1, -0.05) is 127 Å². The van der Waals surface area contributed by atoms with Gasteiger partial charge in [-0.05, 0) is 39.0 Å². The van der Waals surface area contributed by atoms with E-state index in [1.54, 1.807) is 7.11 Å². The van der Waals surface area contributed by atoms with E-state index >= 15 is 0 Å². The second kappa shape index (κ2) is 16.0. The van der Waals surface area contributed by atoms with Crippen LogP contribution in [0.4, 0.5) is 0 Å². The fourth-order valence-corrected chi connectivity index (χ4v) is 10.2. The summed E-state index contributed by atoms with van der Waals surface area (Å²) in [6.45, 7) is 17.7. The average molecular weight is 603 g/mol. The van der Waals surface area contributed by atoms with Crippen LogP contribution in [-0.2, 0) is 25.3 Å². The molecule has 6 heteroatoms. The number of esters is 1. The third-order valence-corrected chi connectivity index (χ3v) is 13.3. The number of ether oxygens (including phenoxy) is 3. The number of hydrogen-bond donors (Lipinski definition) is 0. The van der Waals surface area contributed by atoms with E-state index in [1.165, 1.54) is 10.4 Å². The molecule has 3 rings (SSSR count). The lowest BCUT2D eigenvalue weighted by Gasteiger charge is -2.44. The van der Waals surface area contributed by atoms with Crippen LogP contribution in [0.1, 0.15) is 59.9 Å². The summed E-state index contributed by atoms with van der Waals surface area (Å²) in [7, 11) is -1.08. The van der Waals surface area contributed by atoms with E-state index < -0.39 is 14.4 Å². The molecule has 43 heavy (non-hydrogen) atoms. The number of methoxy groups -OCH3 is 1. The fraction of sp³-hybridized carbons (Fsp3) is 0.432. The summed E-state index contributed by atoms with van der Waals surface area (Å²) < 4.78 is 24.8. The summed E-state index contributed by atoms with van der Waals surface area (Å²) in [5.41, 5.74) is 0.969. The fourth-order valence-electron chi connectivity index (χ4n) is 5.49. The van der Waals surface area contributed by atoms with Gasteiger partial charge in [0.2, 0.25) is 0 Å². The zero-order valence-electron chi connectivity index (χ0n) is 27.0. The summed E-state index contributed by atoms with van der Waals surface area (Å²) >= 11 is 0. The molecule has 0 aromatic heterocycles. The second-order valence-electron chi connectivity index (χ2n) is 12.4. The Morgan fingerprint density at radius 1 is 0.884 bits per heavy atom. The van der Waals surface area contributed by atoms with Gasteiger partial charge in [-0.2, -0.15) is 0 Å². The highest BCUT2D eigenvalue weighted by Crippen LogP contribution is 2.37. The van der Waals surface area contributed by atoms with Crippen molar-refractivity contribution in [3.63, 3.8) is 0 Å². The molecule has 0 saturated carbocycles. The number of carbonyl (C=O) groups excluding carboxylic acids is 1. The van der Waals surface area contributed by atoms with Crippen molar-refractivity contribution in [1.82, 2.24) is 0 Å². The number of hydrogen-bond acceptors (Lipinski definition) is 5. The molecular formula is C37H50O5Si. The van der Waals surface area contributed by atoms with E-state index in [0.717, 1.165) is 17.7 Å². The van der Waals surface area contributed by atoms with Crippen molar-refractivity contribution in [2.24, 2.45) is 11.8 Å². The highest BCUT2D eigenvalue weighted by molar-refractivity contribution is 6.99. The van der Waals surface area contributed by atoms with Crippen LogP contribution < -0.4 is 15.1 Å². The van der Waals surface area contributed by atoms with Crippen LogP contribution in [0.5, 0.6) is 5.75 Å². The monoisotopic (exact) mass is 602 g/mol. The van der Waals surface area contributed by atoms with Gasteiger partial charge in [0.25, 0.3) is 8.32 Å². The van der Waals surface area contributed by atoms with Crippen molar-refractivity contribution >= 4 is 24.7 Å². The van der Waals surface area contributed by atoms with Crippen molar-refractivity contribution < 1.29 is 23.4 Å². The molecule has 0 heterocycles. The molecule has 0 aliphatic rings. The van der Waals surface area contributed by atoms with Gasteiger partial charge in [0, 0.05) is 18.9 Å². The molecule has 0 radical (unpaired) electrons.